The molecule has 0 spiro atoms. The number of anilines is 1. The molecule has 0 N–H and O–H groups in total. The van der Waals surface area contributed by atoms with E-state index in [2.05, 4.69) is 0 Å². The summed E-state index contributed by atoms with van der Waals surface area (Å²) in [5, 5.41) is 0.496. The van der Waals surface area contributed by atoms with Gasteiger partial charge < -0.3 is 4.90 Å². The van der Waals surface area contributed by atoms with E-state index in [1.165, 1.54) is 4.31 Å². The summed E-state index contributed by atoms with van der Waals surface area (Å²) in [7, 11) is -4.00. The second-order valence-electron chi connectivity index (χ2n) is 6.90. The van der Waals surface area contributed by atoms with Gasteiger partial charge in [-0.05, 0) is 43.5 Å². The standard InChI is InChI=1S/C21H21ClN2O3S/c1-2-24-18-11-10-16(22)14-17(18)19(15-8-4-3-5-9-15)20(28(24,26)27)21(25)23-12-6-7-13-23/h3-5,8-11,14H,2,6-7,12-13H2,1H3. The van der Waals surface area contributed by atoms with Gasteiger partial charge in [0.05, 0.1) is 5.69 Å². The SMILES string of the molecule is CCN1c2ccc(Cl)cc2C(c2ccccc2)=C(C(=O)N2CCCC2)S1(=O)=O. The van der Waals surface area contributed by atoms with Gasteiger partial charge in [-0.3, -0.25) is 9.10 Å². The van der Waals surface area contributed by atoms with Crippen LogP contribution in [0.3, 0.4) is 0 Å². The lowest BCUT2D eigenvalue weighted by Gasteiger charge is -2.34. The third-order valence-corrected chi connectivity index (χ3v) is 7.37. The lowest BCUT2D eigenvalue weighted by molar-refractivity contribution is -0.125. The summed E-state index contributed by atoms with van der Waals surface area (Å²) in [6.45, 7) is 3.15. The predicted molar refractivity (Wildman–Crippen MR) is 112 cm³/mol. The van der Waals surface area contributed by atoms with E-state index in [1.54, 1.807) is 30.0 Å². The van der Waals surface area contributed by atoms with Crippen molar-refractivity contribution in [3.63, 3.8) is 0 Å². The molecule has 1 saturated heterocycles. The first-order valence-corrected chi connectivity index (χ1v) is 11.2. The molecule has 2 aromatic carbocycles. The fourth-order valence-corrected chi connectivity index (χ4v) is 5.92. The Morgan fingerprint density at radius 1 is 1.07 bits per heavy atom. The van der Waals surface area contributed by atoms with Gasteiger partial charge in [0.25, 0.3) is 15.9 Å². The Morgan fingerprint density at radius 3 is 2.39 bits per heavy atom. The average molecular weight is 417 g/mol. The molecule has 0 aliphatic carbocycles. The summed E-state index contributed by atoms with van der Waals surface area (Å²) >= 11 is 6.26. The number of fused-ring (bicyclic) bond motifs is 1. The molecular formula is C21H21ClN2O3S. The molecule has 2 heterocycles. The molecule has 146 valence electrons. The number of likely N-dealkylation sites (tertiary alicyclic amines) is 1. The van der Waals surface area contributed by atoms with Crippen molar-refractivity contribution in [2.75, 3.05) is 23.9 Å². The van der Waals surface area contributed by atoms with E-state index in [4.69, 9.17) is 11.6 Å². The summed E-state index contributed by atoms with van der Waals surface area (Å²) in [5.74, 6) is -0.430. The van der Waals surface area contributed by atoms with Gasteiger partial charge in [-0.1, -0.05) is 41.9 Å². The fourth-order valence-electron chi connectivity index (χ4n) is 3.93. The number of halogens is 1. The zero-order valence-electron chi connectivity index (χ0n) is 15.6. The van der Waals surface area contributed by atoms with E-state index in [9.17, 15) is 13.2 Å². The Bertz CT molecular complexity index is 1060. The van der Waals surface area contributed by atoms with Crippen molar-refractivity contribution in [3.05, 3.63) is 69.6 Å². The zero-order chi connectivity index (χ0) is 19.9. The minimum absolute atomic E-state index is 0.155. The number of hydrogen-bond donors (Lipinski definition) is 0. The van der Waals surface area contributed by atoms with Gasteiger partial charge in [-0.2, -0.15) is 0 Å². The van der Waals surface area contributed by atoms with Crippen molar-refractivity contribution in [2.24, 2.45) is 0 Å². The van der Waals surface area contributed by atoms with E-state index in [0.29, 0.717) is 40.5 Å². The van der Waals surface area contributed by atoms with E-state index in [1.807, 2.05) is 30.3 Å². The first-order chi connectivity index (χ1) is 13.4. The second-order valence-corrected chi connectivity index (χ2v) is 9.14. The maximum Gasteiger partial charge on any atom is 0.270 e. The normalized spacial score (nSPS) is 18.4. The highest BCUT2D eigenvalue weighted by Crippen LogP contribution is 2.44. The van der Waals surface area contributed by atoms with Crippen LogP contribution in [0.25, 0.3) is 5.57 Å². The summed E-state index contributed by atoms with van der Waals surface area (Å²) in [6.07, 6.45) is 1.78. The van der Waals surface area contributed by atoms with Gasteiger partial charge in [0.2, 0.25) is 0 Å². The number of sulfonamides is 1. The highest BCUT2D eigenvalue weighted by atomic mass is 35.5. The molecule has 2 aliphatic heterocycles. The Hall–Kier alpha value is -2.31. The maximum absolute atomic E-state index is 13.6. The quantitative estimate of drug-likeness (QED) is 0.762. The number of carbonyl (C=O) groups excluding carboxylic acids is 1. The molecule has 5 nitrogen and oxygen atoms in total. The van der Waals surface area contributed by atoms with Crippen LogP contribution in [0.2, 0.25) is 5.02 Å². The minimum atomic E-state index is -4.00. The molecule has 1 amide bonds. The minimum Gasteiger partial charge on any atom is -0.338 e. The smallest absolute Gasteiger partial charge is 0.270 e. The van der Waals surface area contributed by atoms with Crippen LogP contribution in [-0.4, -0.2) is 38.9 Å². The highest BCUT2D eigenvalue weighted by Gasteiger charge is 2.42. The molecule has 0 radical (unpaired) electrons. The molecule has 2 aliphatic rings. The topological polar surface area (TPSA) is 57.7 Å². The molecule has 0 atom stereocenters. The van der Waals surface area contributed by atoms with Gasteiger partial charge in [-0.25, -0.2) is 8.42 Å². The molecule has 1 fully saturated rings. The Labute approximate surface area is 170 Å². The van der Waals surface area contributed by atoms with E-state index in [0.717, 1.165) is 12.8 Å². The highest BCUT2D eigenvalue weighted by molar-refractivity contribution is 7.97. The zero-order valence-corrected chi connectivity index (χ0v) is 17.1. The summed E-state index contributed by atoms with van der Waals surface area (Å²) in [4.78, 5) is 14.9. The molecule has 7 heteroatoms. The molecular weight excluding hydrogens is 396 g/mol. The van der Waals surface area contributed by atoms with Gasteiger partial charge in [-0.15, -0.1) is 0 Å². The summed E-state index contributed by atoms with van der Waals surface area (Å²) in [6, 6.07) is 14.3. The van der Waals surface area contributed by atoms with Crippen molar-refractivity contribution in [1.82, 2.24) is 4.90 Å². The van der Waals surface area contributed by atoms with Crippen LogP contribution in [0, 0.1) is 0 Å². The van der Waals surface area contributed by atoms with Crippen LogP contribution in [-0.2, 0) is 14.8 Å². The third kappa shape index (κ3) is 3.01. The van der Waals surface area contributed by atoms with Gasteiger partial charge >= 0.3 is 0 Å². The number of hydrogen-bond acceptors (Lipinski definition) is 3. The Morgan fingerprint density at radius 2 is 1.75 bits per heavy atom. The number of rotatable bonds is 3. The lowest BCUT2D eigenvalue weighted by Crippen LogP contribution is -2.42. The van der Waals surface area contributed by atoms with E-state index >= 15 is 0 Å². The first-order valence-electron chi connectivity index (χ1n) is 9.36. The largest absolute Gasteiger partial charge is 0.338 e. The van der Waals surface area contributed by atoms with Crippen molar-refractivity contribution in [1.29, 1.82) is 0 Å². The van der Waals surface area contributed by atoms with Crippen LogP contribution in [0.1, 0.15) is 30.9 Å². The van der Waals surface area contributed by atoms with Crippen molar-refractivity contribution in [3.8, 4) is 0 Å². The van der Waals surface area contributed by atoms with Gasteiger partial charge in [0.1, 0.15) is 0 Å². The van der Waals surface area contributed by atoms with E-state index < -0.39 is 15.9 Å². The summed E-state index contributed by atoms with van der Waals surface area (Å²) < 4.78 is 28.4. The molecule has 4 rings (SSSR count). The first kappa shape index (κ1) is 19.0. The van der Waals surface area contributed by atoms with Crippen molar-refractivity contribution >= 4 is 38.8 Å². The number of carbonyl (C=O) groups is 1. The average Bonchev–Trinajstić information content (AvgIpc) is 3.22. The molecule has 0 bridgehead atoms. The maximum atomic E-state index is 13.6. The molecule has 0 saturated carbocycles. The van der Waals surface area contributed by atoms with Crippen molar-refractivity contribution < 1.29 is 13.2 Å². The second kappa shape index (κ2) is 7.26. The predicted octanol–water partition coefficient (Wildman–Crippen LogP) is 3.89. The van der Waals surface area contributed by atoms with E-state index in [-0.39, 0.29) is 11.4 Å². The summed E-state index contributed by atoms with van der Waals surface area (Å²) in [5.41, 5.74) is 2.33. The number of amides is 1. The molecule has 28 heavy (non-hydrogen) atoms. The lowest BCUT2D eigenvalue weighted by atomic mass is 9.95. The van der Waals surface area contributed by atoms with Crippen molar-refractivity contribution in [2.45, 2.75) is 19.8 Å². The number of benzene rings is 2. The van der Waals surface area contributed by atoms with Crippen LogP contribution in [0.5, 0.6) is 0 Å². The van der Waals surface area contributed by atoms with Crippen LogP contribution < -0.4 is 4.31 Å². The van der Waals surface area contributed by atoms with Crippen LogP contribution in [0.4, 0.5) is 5.69 Å². The van der Waals surface area contributed by atoms with Crippen LogP contribution >= 0.6 is 11.6 Å². The molecule has 2 aromatic rings. The Kier molecular flexibility index (Phi) is 4.93. The number of nitrogens with zero attached hydrogens (tertiary/aromatic N) is 2. The molecule has 0 aromatic heterocycles. The Balaban J connectivity index is 2.07. The van der Waals surface area contributed by atoms with Gasteiger partial charge in [0.15, 0.2) is 4.91 Å². The van der Waals surface area contributed by atoms with Crippen LogP contribution in [0.15, 0.2) is 53.4 Å². The molecule has 0 unspecified atom stereocenters. The third-order valence-electron chi connectivity index (χ3n) is 5.21. The monoisotopic (exact) mass is 416 g/mol. The fraction of sp³-hybridized carbons (Fsp3) is 0.286. The van der Waals surface area contributed by atoms with Gasteiger partial charge in [0, 0.05) is 35.8 Å².